The van der Waals surface area contributed by atoms with Crippen molar-refractivity contribution in [1.82, 2.24) is 15.1 Å². The van der Waals surface area contributed by atoms with Crippen LogP contribution in [-0.2, 0) is 13.1 Å². The maximum Gasteiger partial charge on any atom is 0.123 e. The van der Waals surface area contributed by atoms with Crippen molar-refractivity contribution in [1.29, 1.82) is 0 Å². The molecule has 0 atom stereocenters. The zero-order chi connectivity index (χ0) is 16.0. The zero-order valence-electron chi connectivity index (χ0n) is 13.2. The molecule has 0 radical (unpaired) electrons. The molecule has 0 spiro atoms. The highest BCUT2D eigenvalue weighted by Crippen LogP contribution is 2.29. The molecular formula is C19H18FN3. The molecule has 0 aliphatic carbocycles. The Bertz CT molecular complexity index is 878. The van der Waals surface area contributed by atoms with E-state index in [1.807, 2.05) is 23.7 Å². The van der Waals surface area contributed by atoms with Crippen molar-refractivity contribution in [3.63, 3.8) is 0 Å². The highest BCUT2D eigenvalue weighted by Gasteiger charge is 2.16. The third-order valence-electron chi connectivity index (χ3n) is 4.49. The van der Waals surface area contributed by atoms with Crippen LogP contribution in [0.5, 0.6) is 0 Å². The molecule has 4 heteroatoms. The molecule has 4 rings (SSSR count). The van der Waals surface area contributed by atoms with Gasteiger partial charge in [0.15, 0.2) is 0 Å². The first-order chi connectivity index (χ1) is 11.1. The first-order valence-corrected chi connectivity index (χ1v) is 7.78. The van der Waals surface area contributed by atoms with Gasteiger partial charge in [-0.1, -0.05) is 18.2 Å². The van der Waals surface area contributed by atoms with Gasteiger partial charge < -0.3 is 5.32 Å². The van der Waals surface area contributed by atoms with Crippen molar-refractivity contribution < 1.29 is 4.39 Å². The Morgan fingerprint density at radius 2 is 1.74 bits per heavy atom. The van der Waals surface area contributed by atoms with Gasteiger partial charge in [-0.3, -0.25) is 0 Å². The number of halogens is 1. The van der Waals surface area contributed by atoms with Crippen LogP contribution in [0.2, 0.25) is 0 Å². The fourth-order valence-electron chi connectivity index (χ4n) is 3.34. The molecule has 116 valence electrons. The van der Waals surface area contributed by atoms with Crippen LogP contribution in [0.25, 0.3) is 16.8 Å². The molecule has 0 saturated carbocycles. The summed E-state index contributed by atoms with van der Waals surface area (Å²) in [6, 6.07) is 13.1. The maximum absolute atomic E-state index is 13.2. The molecule has 0 bridgehead atoms. The van der Waals surface area contributed by atoms with Gasteiger partial charge in [-0.25, -0.2) is 9.07 Å². The van der Waals surface area contributed by atoms with Crippen molar-refractivity contribution in [2.24, 2.45) is 0 Å². The molecule has 1 aliphatic rings. The maximum atomic E-state index is 13.2. The number of nitrogens with zero attached hydrogens (tertiary/aromatic N) is 2. The van der Waals surface area contributed by atoms with Crippen LogP contribution in [0.3, 0.4) is 0 Å². The molecule has 0 amide bonds. The van der Waals surface area contributed by atoms with Gasteiger partial charge in [-0.2, -0.15) is 5.10 Å². The molecular weight excluding hydrogens is 289 g/mol. The number of aromatic nitrogens is 2. The van der Waals surface area contributed by atoms with E-state index in [0.29, 0.717) is 0 Å². The van der Waals surface area contributed by atoms with Gasteiger partial charge in [0, 0.05) is 24.3 Å². The third kappa shape index (κ3) is 2.35. The minimum Gasteiger partial charge on any atom is -0.309 e. The number of rotatable bonds is 2. The number of hydrogen-bond donors (Lipinski definition) is 1. The van der Waals surface area contributed by atoms with Crippen LogP contribution < -0.4 is 5.32 Å². The van der Waals surface area contributed by atoms with Crippen LogP contribution in [0.4, 0.5) is 4.39 Å². The van der Waals surface area contributed by atoms with Gasteiger partial charge in [0.05, 0.1) is 11.4 Å². The van der Waals surface area contributed by atoms with E-state index >= 15 is 0 Å². The van der Waals surface area contributed by atoms with Crippen LogP contribution in [0.1, 0.15) is 22.5 Å². The smallest absolute Gasteiger partial charge is 0.123 e. The molecule has 1 aliphatic heterocycles. The Morgan fingerprint density at radius 3 is 2.52 bits per heavy atom. The summed E-state index contributed by atoms with van der Waals surface area (Å²) in [6.07, 6.45) is 0. The Balaban J connectivity index is 1.82. The second-order valence-electron chi connectivity index (χ2n) is 6.02. The van der Waals surface area contributed by atoms with E-state index in [1.54, 1.807) is 0 Å². The Hall–Kier alpha value is -2.46. The average Bonchev–Trinajstić information content (AvgIpc) is 3.12. The van der Waals surface area contributed by atoms with Gasteiger partial charge in [0.25, 0.3) is 0 Å². The molecule has 0 saturated heterocycles. The molecule has 0 fully saturated rings. The summed E-state index contributed by atoms with van der Waals surface area (Å²) >= 11 is 0. The zero-order valence-corrected chi connectivity index (χ0v) is 13.2. The summed E-state index contributed by atoms with van der Waals surface area (Å²) in [7, 11) is 0. The molecule has 2 aromatic carbocycles. The average molecular weight is 307 g/mol. The van der Waals surface area contributed by atoms with E-state index in [2.05, 4.69) is 30.4 Å². The van der Waals surface area contributed by atoms with Gasteiger partial charge in [-0.05, 0) is 54.8 Å². The van der Waals surface area contributed by atoms with Crippen molar-refractivity contribution in [2.75, 3.05) is 0 Å². The van der Waals surface area contributed by atoms with Crippen molar-refractivity contribution >= 4 is 0 Å². The lowest BCUT2D eigenvalue weighted by molar-refractivity contribution is 0.628. The molecule has 23 heavy (non-hydrogen) atoms. The van der Waals surface area contributed by atoms with E-state index < -0.39 is 0 Å². The van der Waals surface area contributed by atoms with Crippen LogP contribution in [0.15, 0.2) is 42.5 Å². The van der Waals surface area contributed by atoms with E-state index in [9.17, 15) is 4.39 Å². The number of nitrogens with one attached hydrogen (secondary N) is 1. The molecule has 3 aromatic rings. The molecule has 1 aromatic heterocycles. The lowest BCUT2D eigenvalue weighted by Gasteiger charge is -2.08. The molecule has 1 N–H and O–H groups in total. The van der Waals surface area contributed by atoms with E-state index in [-0.39, 0.29) is 5.82 Å². The highest BCUT2D eigenvalue weighted by molar-refractivity contribution is 5.69. The van der Waals surface area contributed by atoms with E-state index in [1.165, 1.54) is 23.3 Å². The summed E-state index contributed by atoms with van der Waals surface area (Å²) < 4.78 is 15.2. The topological polar surface area (TPSA) is 29.9 Å². The SMILES string of the molecule is Cc1nn(-c2ccc3c(c2)CNC3)c(C)c1-c1ccc(F)cc1. The highest BCUT2D eigenvalue weighted by atomic mass is 19.1. The van der Waals surface area contributed by atoms with Crippen molar-refractivity contribution in [3.05, 3.63) is 70.8 Å². The second kappa shape index (κ2) is 5.32. The van der Waals surface area contributed by atoms with Crippen molar-refractivity contribution in [3.8, 4) is 16.8 Å². The normalized spacial score (nSPS) is 13.3. The fourth-order valence-corrected chi connectivity index (χ4v) is 3.34. The summed E-state index contributed by atoms with van der Waals surface area (Å²) in [5.41, 5.74) is 7.85. The Morgan fingerprint density at radius 1 is 1.00 bits per heavy atom. The van der Waals surface area contributed by atoms with E-state index in [4.69, 9.17) is 5.10 Å². The number of hydrogen-bond acceptors (Lipinski definition) is 2. The predicted molar refractivity (Wildman–Crippen MR) is 89.0 cm³/mol. The van der Waals surface area contributed by atoms with E-state index in [0.717, 1.165) is 41.3 Å². The summed E-state index contributed by atoms with van der Waals surface area (Å²) in [4.78, 5) is 0. The standard InChI is InChI=1S/C19H18FN3/c1-12-19(14-3-6-17(20)7-4-14)13(2)23(22-12)18-8-5-15-10-21-11-16(15)9-18/h3-9,21H,10-11H2,1-2H3. The van der Waals surface area contributed by atoms with Crippen molar-refractivity contribution in [2.45, 2.75) is 26.9 Å². The van der Waals surface area contributed by atoms with Gasteiger partial charge in [-0.15, -0.1) is 0 Å². The minimum absolute atomic E-state index is 0.220. The van der Waals surface area contributed by atoms with Crippen LogP contribution >= 0.6 is 0 Å². The number of benzene rings is 2. The fraction of sp³-hybridized carbons (Fsp3) is 0.211. The largest absolute Gasteiger partial charge is 0.309 e. The minimum atomic E-state index is -0.220. The molecule has 3 nitrogen and oxygen atoms in total. The van der Waals surface area contributed by atoms with Crippen LogP contribution in [-0.4, -0.2) is 9.78 Å². The Kier molecular flexibility index (Phi) is 3.27. The third-order valence-corrected chi connectivity index (χ3v) is 4.49. The van der Waals surface area contributed by atoms with Gasteiger partial charge in [0.2, 0.25) is 0 Å². The van der Waals surface area contributed by atoms with Crippen LogP contribution in [0, 0.1) is 19.7 Å². The lowest BCUT2D eigenvalue weighted by Crippen LogP contribution is -2.01. The summed E-state index contributed by atoms with van der Waals surface area (Å²) in [6.45, 7) is 5.90. The second-order valence-corrected chi connectivity index (χ2v) is 6.02. The van der Waals surface area contributed by atoms with Gasteiger partial charge in [0.1, 0.15) is 5.82 Å². The monoisotopic (exact) mass is 307 g/mol. The summed E-state index contributed by atoms with van der Waals surface area (Å²) in [5.74, 6) is -0.220. The number of aryl methyl sites for hydroxylation is 1. The molecule has 0 unspecified atom stereocenters. The first kappa shape index (κ1) is 14.2. The van der Waals surface area contributed by atoms with Gasteiger partial charge >= 0.3 is 0 Å². The summed E-state index contributed by atoms with van der Waals surface area (Å²) in [5, 5.41) is 8.07. The Labute approximate surface area is 134 Å². The molecule has 2 heterocycles. The quantitative estimate of drug-likeness (QED) is 0.778. The number of fused-ring (bicyclic) bond motifs is 1. The first-order valence-electron chi connectivity index (χ1n) is 7.78. The lowest BCUT2D eigenvalue weighted by atomic mass is 10.0. The predicted octanol–water partition coefficient (Wildman–Crippen LogP) is 3.90.